The van der Waals surface area contributed by atoms with E-state index >= 15 is 0 Å². The van der Waals surface area contributed by atoms with Crippen molar-refractivity contribution in [3.8, 4) is 5.75 Å². The van der Waals surface area contributed by atoms with Gasteiger partial charge in [0.25, 0.3) is 0 Å². The highest BCUT2D eigenvalue weighted by molar-refractivity contribution is 14.0. The molecule has 0 radical (unpaired) electrons. The predicted molar refractivity (Wildman–Crippen MR) is 141 cm³/mol. The van der Waals surface area contributed by atoms with Crippen molar-refractivity contribution in [1.29, 1.82) is 0 Å². The molecule has 1 aliphatic heterocycles. The molecule has 0 aliphatic carbocycles. The summed E-state index contributed by atoms with van der Waals surface area (Å²) in [6, 6.07) is 10.4. The average Bonchev–Trinajstić information content (AvgIpc) is 2.75. The molecule has 0 bridgehead atoms. The summed E-state index contributed by atoms with van der Waals surface area (Å²) in [5.41, 5.74) is 3.45. The Morgan fingerprint density at radius 2 is 2.03 bits per heavy atom. The average molecular weight is 553 g/mol. The van der Waals surface area contributed by atoms with E-state index < -0.39 is 0 Å². The molecule has 0 spiro atoms. The third-order valence-electron chi connectivity index (χ3n) is 5.09. The van der Waals surface area contributed by atoms with E-state index in [0.717, 1.165) is 48.4 Å². The third-order valence-corrected chi connectivity index (χ3v) is 5.09. The van der Waals surface area contributed by atoms with Crippen LogP contribution in [0.3, 0.4) is 0 Å². The molecule has 3 rings (SSSR count). The van der Waals surface area contributed by atoms with E-state index in [0.29, 0.717) is 13.1 Å². The molecule has 32 heavy (non-hydrogen) atoms. The number of anilines is 1. The Labute approximate surface area is 209 Å². The van der Waals surface area contributed by atoms with Crippen molar-refractivity contribution >= 4 is 35.8 Å². The first-order valence-electron chi connectivity index (χ1n) is 11.0. The van der Waals surface area contributed by atoms with Crippen LogP contribution in [0.1, 0.15) is 37.5 Å². The van der Waals surface area contributed by atoms with E-state index in [1.165, 1.54) is 5.56 Å². The smallest absolute Gasteiger partial charge is 0.191 e. The molecule has 1 saturated heterocycles. The van der Waals surface area contributed by atoms with E-state index in [9.17, 15) is 0 Å². The summed E-state index contributed by atoms with van der Waals surface area (Å²) < 4.78 is 11.6. The molecular formula is C24H36IN5O2. The summed E-state index contributed by atoms with van der Waals surface area (Å²) in [6.07, 6.45) is 2.23. The topological polar surface area (TPSA) is 71.0 Å². The van der Waals surface area contributed by atoms with Crippen LogP contribution in [-0.2, 0) is 17.8 Å². The van der Waals surface area contributed by atoms with Crippen LogP contribution in [0.4, 0.5) is 5.82 Å². The number of hydrogen-bond donors (Lipinski definition) is 2. The molecule has 1 unspecified atom stereocenters. The van der Waals surface area contributed by atoms with Crippen molar-refractivity contribution in [3.05, 3.63) is 53.2 Å². The molecule has 1 aromatic heterocycles. The molecular weight excluding hydrogens is 517 g/mol. The number of nitrogens with zero attached hydrogens (tertiary/aromatic N) is 3. The highest BCUT2D eigenvalue weighted by Crippen LogP contribution is 2.21. The summed E-state index contributed by atoms with van der Waals surface area (Å²) >= 11 is 0. The monoisotopic (exact) mass is 553 g/mol. The Balaban J connectivity index is 0.00000363. The molecule has 2 heterocycles. The minimum absolute atomic E-state index is 0. The molecule has 0 amide bonds. The van der Waals surface area contributed by atoms with E-state index in [-0.39, 0.29) is 36.2 Å². The van der Waals surface area contributed by atoms with Gasteiger partial charge in [0, 0.05) is 45.0 Å². The zero-order valence-corrected chi connectivity index (χ0v) is 22.1. The van der Waals surface area contributed by atoms with Gasteiger partial charge < -0.3 is 25.0 Å². The molecule has 0 saturated carbocycles. The number of pyridine rings is 1. The summed E-state index contributed by atoms with van der Waals surface area (Å²) in [7, 11) is 1.78. The van der Waals surface area contributed by atoms with E-state index in [1.807, 2.05) is 26.1 Å². The molecule has 1 fully saturated rings. The van der Waals surface area contributed by atoms with Crippen LogP contribution in [0, 0.1) is 6.92 Å². The van der Waals surface area contributed by atoms with Gasteiger partial charge in [-0.25, -0.2) is 4.98 Å². The van der Waals surface area contributed by atoms with Gasteiger partial charge in [0.05, 0.1) is 18.8 Å². The normalized spacial score (nSPS) is 16.5. The van der Waals surface area contributed by atoms with Crippen molar-refractivity contribution in [1.82, 2.24) is 15.6 Å². The van der Waals surface area contributed by atoms with Crippen molar-refractivity contribution in [2.45, 2.75) is 53.0 Å². The second-order valence-corrected chi connectivity index (χ2v) is 8.21. The number of guanidine groups is 1. The minimum atomic E-state index is 0. The van der Waals surface area contributed by atoms with Gasteiger partial charge >= 0.3 is 0 Å². The highest BCUT2D eigenvalue weighted by Gasteiger charge is 2.18. The van der Waals surface area contributed by atoms with Crippen molar-refractivity contribution < 1.29 is 9.47 Å². The first kappa shape index (κ1) is 26.2. The number of aryl methyl sites for hydroxylation is 1. The maximum atomic E-state index is 5.98. The molecule has 1 aromatic carbocycles. The maximum absolute atomic E-state index is 5.98. The molecule has 2 aromatic rings. The lowest BCUT2D eigenvalue weighted by molar-refractivity contribution is 0.0529. The van der Waals surface area contributed by atoms with Gasteiger partial charge in [-0.3, -0.25) is 4.99 Å². The van der Waals surface area contributed by atoms with Gasteiger partial charge in [-0.1, -0.05) is 12.1 Å². The van der Waals surface area contributed by atoms with Crippen molar-refractivity contribution in [3.63, 3.8) is 0 Å². The number of nitrogens with one attached hydrogen (secondary N) is 2. The lowest BCUT2D eigenvalue weighted by Crippen LogP contribution is -2.41. The van der Waals surface area contributed by atoms with Crippen molar-refractivity contribution in [2.75, 3.05) is 31.6 Å². The number of rotatable bonds is 7. The Kier molecular flexibility index (Phi) is 10.5. The van der Waals surface area contributed by atoms with Gasteiger partial charge in [0.1, 0.15) is 11.6 Å². The highest BCUT2D eigenvalue weighted by atomic mass is 127. The van der Waals surface area contributed by atoms with Gasteiger partial charge in [0.15, 0.2) is 5.96 Å². The Bertz CT molecular complexity index is 890. The number of morpholine rings is 1. The molecule has 7 nitrogen and oxygen atoms in total. The summed E-state index contributed by atoms with van der Waals surface area (Å²) in [6.45, 7) is 12.0. The van der Waals surface area contributed by atoms with Gasteiger partial charge in [-0.2, -0.15) is 0 Å². The summed E-state index contributed by atoms with van der Waals surface area (Å²) in [4.78, 5) is 11.2. The standard InChI is InChI=1S/C24H35N5O2.HI/c1-17(2)31-22-12-18(3)6-7-21(22)15-28-24(25-5)27-14-20-8-9-26-23(13-20)29-10-11-30-19(4)16-29;/h6-9,12-13,17,19H,10-11,14-16H2,1-5H3,(H2,25,27,28);1H. The van der Waals surface area contributed by atoms with Gasteiger partial charge in [-0.05, 0) is 57.0 Å². The van der Waals surface area contributed by atoms with Crippen LogP contribution in [0.25, 0.3) is 0 Å². The number of ether oxygens (including phenoxy) is 2. The number of benzene rings is 1. The number of aromatic nitrogens is 1. The molecule has 1 aliphatic rings. The predicted octanol–water partition coefficient (Wildman–Crippen LogP) is 3.89. The largest absolute Gasteiger partial charge is 0.491 e. The van der Waals surface area contributed by atoms with E-state index in [2.05, 4.69) is 63.6 Å². The Morgan fingerprint density at radius 1 is 1.25 bits per heavy atom. The maximum Gasteiger partial charge on any atom is 0.191 e. The Morgan fingerprint density at radius 3 is 2.75 bits per heavy atom. The van der Waals surface area contributed by atoms with Crippen LogP contribution < -0.4 is 20.3 Å². The number of hydrogen-bond acceptors (Lipinski definition) is 5. The molecule has 8 heteroatoms. The summed E-state index contributed by atoms with van der Waals surface area (Å²) in [5.74, 6) is 2.65. The van der Waals surface area contributed by atoms with Crippen LogP contribution in [0.2, 0.25) is 0 Å². The quantitative estimate of drug-likeness (QED) is 0.308. The second kappa shape index (κ2) is 12.8. The fourth-order valence-electron chi connectivity index (χ4n) is 3.53. The SMILES string of the molecule is CN=C(NCc1ccnc(N2CCOC(C)C2)c1)NCc1ccc(C)cc1OC(C)C.I. The third kappa shape index (κ3) is 7.81. The van der Waals surface area contributed by atoms with Crippen LogP contribution in [0.15, 0.2) is 41.5 Å². The lowest BCUT2D eigenvalue weighted by atomic mass is 10.1. The van der Waals surface area contributed by atoms with E-state index in [1.54, 1.807) is 7.05 Å². The van der Waals surface area contributed by atoms with Crippen LogP contribution in [0.5, 0.6) is 5.75 Å². The number of halogens is 1. The minimum Gasteiger partial charge on any atom is -0.491 e. The van der Waals surface area contributed by atoms with Gasteiger partial charge in [-0.15, -0.1) is 24.0 Å². The van der Waals surface area contributed by atoms with Crippen molar-refractivity contribution in [2.24, 2.45) is 4.99 Å². The second-order valence-electron chi connectivity index (χ2n) is 8.21. The van der Waals surface area contributed by atoms with Crippen LogP contribution in [-0.4, -0.2) is 49.9 Å². The molecule has 176 valence electrons. The first-order valence-corrected chi connectivity index (χ1v) is 11.0. The summed E-state index contributed by atoms with van der Waals surface area (Å²) in [5, 5.41) is 6.78. The molecule has 1 atom stereocenters. The fraction of sp³-hybridized carbons (Fsp3) is 0.500. The van der Waals surface area contributed by atoms with Crippen LogP contribution >= 0.6 is 24.0 Å². The Hall–Kier alpha value is -2.07. The number of aliphatic imine (C=N–C) groups is 1. The molecule has 2 N–H and O–H groups in total. The zero-order chi connectivity index (χ0) is 22.2. The first-order chi connectivity index (χ1) is 14.9. The fourth-order valence-corrected chi connectivity index (χ4v) is 3.53. The van der Waals surface area contributed by atoms with E-state index in [4.69, 9.17) is 9.47 Å². The lowest BCUT2D eigenvalue weighted by Gasteiger charge is -2.32. The van der Waals surface area contributed by atoms with Gasteiger partial charge in [0.2, 0.25) is 0 Å². The zero-order valence-electron chi connectivity index (χ0n) is 19.7.